The van der Waals surface area contributed by atoms with E-state index in [4.69, 9.17) is 5.73 Å². The van der Waals surface area contributed by atoms with Gasteiger partial charge < -0.3 is 5.73 Å². The SMILES string of the molecule is CCC1CCN(C2CC(C(C)C)CCC2N)CC1. The number of rotatable bonds is 3. The average molecular weight is 252 g/mol. The largest absolute Gasteiger partial charge is 0.326 e. The highest BCUT2D eigenvalue weighted by Crippen LogP contribution is 2.34. The minimum absolute atomic E-state index is 0.429. The summed E-state index contributed by atoms with van der Waals surface area (Å²) >= 11 is 0. The first kappa shape index (κ1) is 14.3. The van der Waals surface area contributed by atoms with Crippen molar-refractivity contribution in [2.75, 3.05) is 13.1 Å². The Labute approximate surface area is 113 Å². The van der Waals surface area contributed by atoms with E-state index in [-0.39, 0.29) is 0 Å². The van der Waals surface area contributed by atoms with E-state index in [1.807, 2.05) is 0 Å². The van der Waals surface area contributed by atoms with Crippen LogP contribution in [0.25, 0.3) is 0 Å². The molecule has 2 fully saturated rings. The van der Waals surface area contributed by atoms with Crippen LogP contribution in [0, 0.1) is 17.8 Å². The van der Waals surface area contributed by atoms with E-state index >= 15 is 0 Å². The van der Waals surface area contributed by atoms with Gasteiger partial charge in [-0.25, -0.2) is 0 Å². The highest BCUT2D eigenvalue weighted by molar-refractivity contribution is 4.91. The lowest BCUT2D eigenvalue weighted by Crippen LogP contribution is -2.53. The van der Waals surface area contributed by atoms with E-state index in [0.29, 0.717) is 12.1 Å². The molecule has 2 N–H and O–H groups in total. The normalized spacial score (nSPS) is 36.2. The average Bonchev–Trinajstić information content (AvgIpc) is 2.39. The fourth-order valence-corrected chi connectivity index (χ4v) is 3.92. The van der Waals surface area contributed by atoms with Crippen LogP contribution in [0.3, 0.4) is 0 Å². The van der Waals surface area contributed by atoms with E-state index < -0.39 is 0 Å². The lowest BCUT2D eigenvalue weighted by atomic mass is 9.76. The molecule has 3 atom stereocenters. The molecule has 3 unspecified atom stereocenters. The van der Waals surface area contributed by atoms with Crippen molar-refractivity contribution < 1.29 is 0 Å². The first-order valence-corrected chi connectivity index (χ1v) is 8.11. The zero-order valence-electron chi connectivity index (χ0n) is 12.6. The topological polar surface area (TPSA) is 29.3 Å². The van der Waals surface area contributed by atoms with E-state index in [1.165, 1.54) is 51.6 Å². The number of nitrogens with zero attached hydrogens (tertiary/aromatic N) is 1. The molecule has 0 spiro atoms. The maximum absolute atomic E-state index is 6.40. The van der Waals surface area contributed by atoms with Crippen molar-refractivity contribution in [2.24, 2.45) is 23.5 Å². The lowest BCUT2D eigenvalue weighted by Gasteiger charge is -2.45. The Morgan fingerprint density at radius 3 is 2.33 bits per heavy atom. The van der Waals surface area contributed by atoms with Crippen molar-refractivity contribution in [3.63, 3.8) is 0 Å². The molecule has 18 heavy (non-hydrogen) atoms. The fraction of sp³-hybridized carbons (Fsp3) is 1.00. The molecule has 1 saturated heterocycles. The summed E-state index contributed by atoms with van der Waals surface area (Å²) in [5, 5.41) is 0. The van der Waals surface area contributed by atoms with E-state index in [2.05, 4.69) is 25.7 Å². The summed E-state index contributed by atoms with van der Waals surface area (Å²) in [7, 11) is 0. The minimum atomic E-state index is 0.429. The summed E-state index contributed by atoms with van der Waals surface area (Å²) in [6.07, 6.45) is 8.08. The smallest absolute Gasteiger partial charge is 0.0249 e. The Balaban J connectivity index is 1.90. The van der Waals surface area contributed by atoms with Gasteiger partial charge in [-0.05, 0) is 62.9 Å². The second-order valence-electron chi connectivity index (χ2n) is 6.94. The van der Waals surface area contributed by atoms with Gasteiger partial charge in [0, 0.05) is 12.1 Å². The van der Waals surface area contributed by atoms with Crippen molar-refractivity contribution >= 4 is 0 Å². The Hall–Kier alpha value is -0.0800. The third-order valence-corrected chi connectivity index (χ3v) is 5.55. The van der Waals surface area contributed by atoms with Crippen LogP contribution < -0.4 is 5.73 Å². The number of hydrogen-bond acceptors (Lipinski definition) is 2. The molecule has 0 aromatic carbocycles. The van der Waals surface area contributed by atoms with Crippen LogP contribution in [0.4, 0.5) is 0 Å². The molecule has 2 heteroatoms. The van der Waals surface area contributed by atoms with E-state index in [1.54, 1.807) is 0 Å². The molecule has 1 aliphatic heterocycles. The summed E-state index contributed by atoms with van der Waals surface area (Å²) in [5.41, 5.74) is 6.40. The molecule has 2 aliphatic rings. The van der Waals surface area contributed by atoms with Gasteiger partial charge in [-0.15, -0.1) is 0 Å². The van der Waals surface area contributed by atoms with Crippen molar-refractivity contribution in [1.29, 1.82) is 0 Å². The molecule has 1 saturated carbocycles. The molecule has 1 aliphatic carbocycles. The Morgan fingerprint density at radius 1 is 1.11 bits per heavy atom. The Bertz CT molecular complexity index is 243. The monoisotopic (exact) mass is 252 g/mol. The lowest BCUT2D eigenvalue weighted by molar-refractivity contribution is 0.0656. The van der Waals surface area contributed by atoms with Crippen LogP contribution in [0.2, 0.25) is 0 Å². The molecule has 0 radical (unpaired) electrons. The van der Waals surface area contributed by atoms with Crippen molar-refractivity contribution in [3.8, 4) is 0 Å². The van der Waals surface area contributed by atoms with Crippen molar-refractivity contribution in [2.45, 2.75) is 71.4 Å². The van der Waals surface area contributed by atoms with E-state index in [9.17, 15) is 0 Å². The Morgan fingerprint density at radius 2 is 1.78 bits per heavy atom. The summed E-state index contributed by atoms with van der Waals surface area (Å²) in [6.45, 7) is 9.68. The van der Waals surface area contributed by atoms with Crippen LogP contribution >= 0.6 is 0 Å². The van der Waals surface area contributed by atoms with Crippen LogP contribution in [0.15, 0.2) is 0 Å². The standard InChI is InChI=1S/C16H32N2/c1-4-13-7-9-18(10-8-13)16-11-14(12(2)3)5-6-15(16)17/h12-16H,4-11,17H2,1-3H3. The van der Waals surface area contributed by atoms with Crippen LogP contribution in [-0.4, -0.2) is 30.1 Å². The molecule has 0 amide bonds. The van der Waals surface area contributed by atoms with Crippen molar-refractivity contribution in [1.82, 2.24) is 4.90 Å². The number of nitrogens with two attached hydrogens (primary N) is 1. The summed E-state index contributed by atoms with van der Waals surface area (Å²) in [6, 6.07) is 1.10. The van der Waals surface area contributed by atoms with Crippen LogP contribution in [-0.2, 0) is 0 Å². The fourth-order valence-electron chi connectivity index (χ4n) is 3.92. The highest BCUT2D eigenvalue weighted by Gasteiger charge is 2.34. The number of hydrogen-bond donors (Lipinski definition) is 1. The first-order chi connectivity index (χ1) is 8.61. The van der Waals surface area contributed by atoms with Crippen LogP contribution in [0.1, 0.15) is 59.3 Å². The summed E-state index contributed by atoms with van der Waals surface area (Å²) < 4.78 is 0. The predicted octanol–water partition coefficient (Wildman–Crippen LogP) is 3.26. The second-order valence-corrected chi connectivity index (χ2v) is 6.94. The van der Waals surface area contributed by atoms with Gasteiger partial charge in [0.05, 0.1) is 0 Å². The molecule has 0 aromatic rings. The quantitative estimate of drug-likeness (QED) is 0.835. The number of piperidine rings is 1. The van der Waals surface area contributed by atoms with E-state index in [0.717, 1.165) is 17.8 Å². The molecule has 1 heterocycles. The molecule has 106 valence electrons. The first-order valence-electron chi connectivity index (χ1n) is 8.11. The maximum atomic E-state index is 6.40. The summed E-state index contributed by atoms with van der Waals surface area (Å²) in [5.74, 6) is 2.70. The highest BCUT2D eigenvalue weighted by atomic mass is 15.2. The maximum Gasteiger partial charge on any atom is 0.0249 e. The predicted molar refractivity (Wildman–Crippen MR) is 78.5 cm³/mol. The van der Waals surface area contributed by atoms with Gasteiger partial charge in [0.1, 0.15) is 0 Å². The molecule has 0 bridgehead atoms. The van der Waals surface area contributed by atoms with Gasteiger partial charge in [-0.3, -0.25) is 4.90 Å². The zero-order valence-corrected chi connectivity index (χ0v) is 12.6. The molecule has 2 rings (SSSR count). The van der Waals surface area contributed by atoms with Crippen molar-refractivity contribution in [3.05, 3.63) is 0 Å². The third kappa shape index (κ3) is 3.27. The Kier molecular flexibility index (Phi) is 5.08. The van der Waals surface area contributed by atoms with Gasteiger partial charge in [0.25, 0.3) is 0 Å². The second kappa shape index (κ2) is 6.38. The minimum Gasteiger partial charge on any atom is -0.326 e. The molecule has 2 nitrogen and oxygen atoms in total. The zero-order chi connectivity index (χ0) is 13.1. The van der Waals surface area contributed by atoms with Gasteiger partial charge >= 0.3 is 0 Å². The van der Waals surface area contributed by atoms with Gasteiger partial charge in [0.15, 0.2) is 0 Å². The third-order valence-electron chi connectivity index (χ3n) is 5.55. The summed E-state index contributed by atoms with van der Waals surface area (Å²) in [4.78, 5) is 2.71. The van der Waals surface area contributed by atoms with Gasteiger partial charge in [-0.2, -0.15) is 0 Å². The van der Waals surface area contributed by atoms with Gasteiger partial charge in [-0.1, -0.05) is 27.2 Å². The molecular formula is C16H32N2. The molecule has 0 aromatic heterocycles. The van der Waals surface area contributed by atoms with Gasteiger partial charge in [0.2, 0.25) is 0 Å². The van der Waals surface area contributed by atoms with Crippen LogP contribution in [0.5, 0.6) is 0 Å². The molecular weight excluding hydrogens is 220 g/mol. The number of likely N-dealkylation sites (tertiary alicyclic amines) is 1.